The van der Waals surface area contributed by atoms with E-state index in [4.69, 9.17) is 0 Å². The number of piperidine rings is 1. The molecule has 1 saturated carbocycles. The van der Waals surface area contributed by atoms with E-state index in [1.807, 2.05) is 30.1 Å². The van der Waals surface area contributed by atoms with E-state index < -0.39 is 12.1 Å². The fraction of sp³-hybridized carbons (Fsp3) is 0.559. The molecule has 3 amide bonds. The average Bonchev–Trinajstić information content (AvgIpc) is 3.41. The molecule has 4 atom stereocenters. The maximum Gasteiger partial charge on any atom is 0.243 e. The summed E-state index contributed by atoms with van der Waals surface area (Å²) in [6.45, 7) is 3.09. The smallest absolute Gasteiger partial charge is 0.243 e. The van der Waals surface area contributed by atoms with E-state index in [2.05, 4.69) is 45.2 Å². The van der Waals surface area contributed by atoms with Crippen LogP contribution in [0.25, 0.3) is 11.0 Å². The highest BCUT2D eigenvalue weighted by Gasteiger charge is 2.46. The SMILES string of the molecule is Cn1nnc2cc(CNC(=O)[C@@H]3C[C@@H](Cc4ccc(C5CC5)cc4)CN3C(=O)[C@@H]3NCCC[C@@H]3C(=O)N3CCCC3)ccc21. The number of likely N-dealkylation sites (tertiary alicyclic amines) is 2. The summed E-state index contributed by atoms with van der Waals surface area (Å²) in [5.41, 5.74) is 5.29. The van der Waals surface area contributed by atoms with Crippen molar-refractivity contribution >= 4 is 28.8 Å². The molecule has 3 aromatic rings. The predicted molar refractivity (Wildman–Crippen MR) is 166 cm³/mol. The number of carbonyl (C=O) groups is 3. The zero-order valence-electron chi connectivity index (χ0n) is 25.6. The first kappa shape index (κ1) is 29.0. The molecule has 1 aromatic heterocycles. The van der Waals surface area contributed by atoms with Gasteiger partial charge in [0.05, 0.1) is 17.5 Å². The third-order valence-corrected chi connectivity index (χ3v) is 10.1. The molecule has 0 radical (unpaired) electrons. The van der Waals surface area contributed by atoms with Crippen LogP contribution in [0.3, 0.4) is 0 Å². The van der Waals surface area contributed by atoms with Crippen LogP contribution in [0.5, 0.6) is 0 Å². The van der Waals surface area contributed by atoms with Gasteiger partial charge in [0.15, 0.2) is 0 Å². The van der Waals surface area contributed by atoms with Gasteiger partial charge in [0, 0.05) is 33.2 Å². The second-order valence-corrected chi connectivity index (χ2v) is 13.3. The highest BCUT2D eigenvalue weighted by molar-refractivity contribution is 5.94. The minimum Gasteiger partial charge on any atom is -0.350 e. The summed E-state index contributed by atoms with van der Waals surface area (Å²) >= 11 is 0. The maximum atomic E-state index is 14.3. The number of carbonyl (C=O) groups excluding carboxylic acids is 3. The standard InChI is InChI=1S/C34H43N7O3/c1-39-29-13-8-23(18-28(29)37-38-39)20-36-32(42)30-19-24(17-22-6-9-25(10-7-22)26-11-12-26)21-41(30)34(44)31-27(5-4-14-35-31)33(43)40-15-2-3-16-40/h6-10,13,18,24,26-27,30-31,35H,2-5,11-12,14-17,19-21H2,1H3,(H,36,42)/t24-,27+,30+,31-/m1/s1. The van der Waals surface area contributed by atoms with Crippen molar-refractivity contribution in [1.29, 1.82) is 0 Å². The largest absolute Gasteiger partial charge is 0.350 e. The van der Waals surface area contributed by atoms with Crippen LogP contribution in [0.2, 0.25) is 0 Å². The van der Waals surface area contributed by atoms with Gasteiger partial charge in [-0.05, 0) is 98.6 Å². The summed E-state index contributed by atoms with van der Waals surface area (Å²) in [5, 5.41) is 14.8. The van der Waals surface area contributed by atoms with Crippen molar-refractivity contribution in [3.8, 4) is 0 Å². The zero-order chi connectivity index (χ0) is 30.2. The molecule has 3 saturated heterocycles. The molecular weight excluding hydrogens is 554 g/mol. The summed E-state index contributed by atoms with van der Waals surface area (Å²) in [5.74, 6) is 0.308. The molecule has 7 rings (SSSR count). The third-order valence-electron chi connectivity index (χ3n) is 10.1. The van der Waals surface area contributed by atoms with Crippen LogP contribution in [-0.4, -0.2) is 80.8 Å². The normalized spacial score (nSPS) is 25.5. The lowest BCUT2D eigenvalue weighted by Crippen LogP contribution is -2.59. The van der Waals surface area contributed by atoms with Crippen LogP contribution >= 0.6 is 0 Å². The van der Waals surface area contributed by atoms with Gasteiger partial charge in [-0.3, -0.25) is 14.4 Å². The van der Waals surface area contributed by atoms with Gasteiger partial charge in [0.25, 0.3) is 0 Å². The molecule has 3 aliphatic heterocycles. The summed E-state index contributed by atoms with van der Waals surface area (Å²) < 4.78 is 1.72. The molecule has 2 N–H and O–H groups in total. The first-order valence-electron chi connectivity index (χ1n) is 16.4. The Morgan fingerprint density at radius 3 is 2.50 bits per heavy atom. The van der Waals surface area contributed by atoms with Crippen LogP contribution in [0.15, 0.2) is 42.5 Å². The first-order chi connectivity index (χ1) is 21.4. The Morgan fingerprint density at radius 1 is 0.955 bits per heavy atom. The average molecular weight is 598 g/mol. The van der Waals surface area contributed by atoms with E-state index >= 15 is 0 Å². The van der Waals surface area contributed by atoms with Crippen LogP contribution in [0.1, 0.15) is 67.6 Å². The molecule has 4 heterocycles. The highest BCUT2D eigenvalue weighted by atomic mass is 16.2. The van der Waals surface area contributed by atoms with Crippen molar-refractivity contribution in [3.63, 3.8) is 0 Å². The number of hydrogen-bond acceptors (Lipinski definition) is 6. The lowest BCUT2D eigenvalue weighted by Gasteiger charge is -2.36. The number of hydrogen-bond donors (Lipinski definition) is 2. The number of fused-ring (bicyclic) bond motifs is 1. The minimum atomic E-state index is -0.595. The van der Waals surface area contributed by atoms with E-state index in [1.165, 1.54) is 24.0 Å². The maximum absolute atomic E-state index is 14.3. The fourth-order valence-corrected chi connectivity index (χ4v) is 7.51. The van der Waals surface area contributed by atoms with E-state index in [-0.39, 0.29) is 29.6 Å². The Kier molecular flexibility index (Phi) is 8.10. The third kappa shape index (κ3) is 5.96. The van der Waals surface area contributed by atoms with Crippen molar-refractivity contribution in [3.05, 3.63) is 59.2 Å². The van der Waals surface area contributed by atoms with Gasteiger partial charge in [-0.1, -0.05) is 35.5 Å². The molecule has 10 nitrogen and oxygen atoms in total. The van der Waals surface area contributed by atoms with E-state index in [1.54, 1.807) is 9.58 Å². The fourth-order valence-electron chi connectivity index (χ4n) is 7.51. The van der Waals surface area contributed by atoms with E-state index in [0.717, 1.165) is 55.4 Å². The molecule has 4 fully saturated rings. The van der Waals surface area contributed by atoms with Gasteiger partial charge in [0.1, 0.15) is 11.6 Å². The van der Waals surface area contributed by atoms with Crippen molar-refractivity contribution in [1.82, 2.24) is 35.4 Å². The number of nitrogens with one attached hydrogen (secondary N) is 2. The Labute approximate surface area is 258 Å². The number of nitrogens with zero attached hydrogens (tertiary/aromatic N) is 5. The Hall–Kier alpha value is -3.79. The second-order valence-electron chi connectivity index (χ2n) is 13.3. The Bertz CT molecular complexity index is 1530. The van der Waals surface area contributed by atoms with Crippen molar-refractivity contribution in [2.24, 2.45) is 18.9 Å². The summed E-state index contributed by atoms with van der Waals surface area (Å²) in [6, 6.07) is 13.6. The molecule has 44 heavy (non-hydrogen) atoms. The molecule has 0 spiro atoms. The van der Waals surface area contributed by atoms with Crippen LogP contribution in [0.4, 0.5) is 0 Å². The number of aromatic nitrogens is 3. The van der Waals surface area contributed by atoms with Gasteiger partial charge >= 0.3 is 0 Å². The zero-order valence-corrected chi connectivity index (χ0v) is 25.6. The van der Waals surface area contributed by atoms with Crippen molar-refractivity contribution in [2.75, 3.05) is 26.2 Å². The lowest BCUT2D eigenvalue weighted by atomic mass is 9.88. The molecule has 1 aliphatic carbocycles. The summed E-state index contributed by atoms with van der Waals surface area (Å²) in [4.78, 5) is 45.3. The number of amides is 3. The Balaban J connectivity index is 1.08. The molecule has 4 aliphatic rings. The molecular formula is C34H43N7O3. The topological polar surface area (TPSA) is 112 Å². The van der Waals surface area contributed by atoms with Crippen LogP contribution < -0.4 is 10.6 Å². The second kappa shape index (κ2) is 12.3. The molecule has 2 aromatic carbocycles. The molecule has 10 heteroatoms. The molecule has 232 valence electrons. The molecule has 0 unspecified atom stereocenters. The molecule has 0 bridgehead atoms. The van der Waals surface area contributed by atoms with Crippen molar-refractivity contribution < 1.29 is 14.4 Å². The predicted octanol–water partition coefficient (Wildman–Crippen LogP) is 2.91. The first-order valence-corrected chi connectivity index (χ1v) is 16.4. The highest BCUT2D eigenvalue weighted by Crippen LogP contribution is 2.40. The number of rotatable bonds is 8. The summed E-state index contributed by atoms with van der Waals surface area (Å²) in [7, 11) is 1.85. The minimum absolute atomic E-state index is 0.0833. The summed E-state index contributed by atoms with van der Waals surface area (Å²) in [6.07, 6.45) is 7.58. The van der Waals surface area contributed by atoms with E-state index in [9.17, 15) is 14.4 Å². The number of aryl methyl sites for hydroxylation is 1. The monoisotopic (exact) mass is 597 g/mol. The Morgan fingerprint density at radius 2 is 1.73 bits per heavy atom. The lowest BCUT2D eigenvalue weighted by molar-refractivity contribution is -0.146. The van der Waals surface area contributed by atoms with Gasteiger partial charge in [-0.2, -0.15) is 0 Å². The van der Waals surface area contributed by atoms with Gasteiger partial charge in [-0.15, -0.1) is 5.10 Å². The van der Waals surface area contributed by atoms with Crippen LogP contribution in [0, 0.1) is 11.8 Å². The van der Waals surface area contributed by atoms with Gasteiger partial charge in [-0.25, -0.2) is 4.68 Å². The number of benzene rings is 2. The van der Waals surface area contributed by atoms with E-state index in [0.29, 0.717) is 38.4 Å². The van der Waals surface area contributed by atoms with Crippen molar-refractivity contribution in [2.45, 2.75) is 75.9 Å². The van der Waals surface area contributed by atoms with Gasteiger partial charge in [0.2, 0.25) is 17.7 Å². The quantitative estimate of drug-likeness (QED) is 0.413. The van der Waals surface area contributed by atoms with Crippen LogP contribution in [-0.2, 0) is 34.4 Å². The van der Waals surface area contributed by atoms with Gasteiger partial charge < -0.3 is 20.4 Å².